The first-order valence-electron chi connectivity index (χ1n) is 4.26. The lowest BCUT2D eigenvalue weighted by Crippen LogP contribution is -2.29. The first-order valence-corrected chi connectivity index (χ1v) is 4.64. The minimum absolute atomic E-state index is 0.0794. The van der Waals surface area contributed by atoms with Crippen molar-refractivity contribution in [1.29, 1.82) is 0 Å². The van der Waals surface area contributed by atoms with Gasteiger partial charge in [-0.3, -0.25) is 15.6 Å². The molecule has 0 aliphatic heterocycles. The van der Waals surface area contributed by atoms with Crippen LogP contribution in [0.1, 0.15) is 19.8 Å². The van der Waals surface area contributed by atoms with Crippen LogP contribution in [0.2, 0.25) is 5.15 Å². The van der Waals surface area contributed by atoms with Gasteiger partial charge in [-0.05, 0) is 18.6 Å². The summed E-state index contributed by atoms with van der Waals surface area (Å²) in [6.07, 6.45) is 1.29. The molecule has 1 rings (SSSR count). The third-order valence-electron chi connectivity index (χ3n) is 1.44. The molecule has 14 heavy (non-hydrogen) atoms. The number of anilines is 1. The SMILES string of the molecule is CCCC(=O)NNc1ccc(Cl)nn1. The average Bonchev–Trinajstić information content (AvgIpc) is 2.17. The molecule has 0 saturated carbocycles. The third kappa shape index (κ3) is 3.57. The van der Waals surface area contributed by atoms with Crippen molar-refractivity contribution in [2.45, 2.75) is 19.8 Å². The van der Waals surface area contributed by atoms with Crippen LogP contribution in [0, 0.1) is 0 Å². The highest BCUT2D eigenvalue weighted by Crippen LogP contribution is 2.04. The topological polar surface area (TPSA) is 66.9 Å². The first kappa shape index (κ1) is 10.7. The number of nitrogens with one attached hydrogen (secondary N) is 2. The van der Waals surface area contributed by atoms with Gasteiger partial charge in [-0.1, -0.05) is 18.5 Å². The average molecular weight is 215 g/mol. The number of hydrogen-bond acceptors (Lipinski definition) is 4. The molecule has 5 nitrogen and oxygen atoms in total. The fourth-order valence-corrected chi connectivity index (χ4v) is 0.907. The molecule has 0 fully saturated rings. The van der Waals surface area contributed by atoms with E-state index in [1.54, 1.807) is 12.1 Å². The van der Waals surface area contributed by atoms with E-state index in [9.17, 15) is 4.79 Å². The Hall–Kier alpha value is -1.36. The molecule has 0 aliphatic carbocycles. The van der Waals surface area contributed by atoms with Crippen LogP contribution in [0.3, 0.4) is 0 Å². The van der Waals surface area contributed by atoms with Gasteiger partial charge in [-0.15, -0.1) is 10.2 Å². The van der Waals surface area contributed by atoms with Crippen molar-refractivity contribution >= 4 is 23.3 Å². The molecule has 1 heterocycles. The van der Waals surface area contributed by atoms with Gasteiger partial charge in [0, 0.05) is 6.42 Å². The zero-order chi connectivity index (χ0) is 10.4. The molecule has 0 atom stereocenters. The van der Waals surface area contributed by atoms with Gasteiger partial charge in [0.15, 0.2) is 11.0 Å². The maximum absolute atomic E-state index is 11.0. The highest BCUT2D eigenvalue weighted by molar-refractivity contribution is 6.29. The Labute approximate surface area is 86.8 Å². The predicted octanol–water partition coefficient (Wildman–Crippen LogP) is 1.37. The number of aromatic nitrogens is 2. The lowest BCUT2D eigenvalue weighted by molar-refractivity contribution is -0.120. The molecule has 1 aromatic rings. The molecule has 0 spiro atoms. The third-order valence-corrected chi connectivity index (χ3v) is 1.64. The van der Waals surface area contributed by atoms with Crippen LogP contribution in [-0.2, 0) is 4.79 Å². The number of hydrazine groups is 1. The number of nitrogens with zero attached hydrogens (tertiary/aromatic N) is 2. The molecule has 1 aromatic heterocycles. The van der Waals surface area contributed by atoms with Gasteiger partial charge in [0.25, 0.3) is 0 Å². The highest BCUT2D eigenvalue weighted by Gasteiger charge is 1.99. The summed E-state index contributed by atoms with van der Waals surface area (Å²) >= 11 is 5.54. The van der Waals surface area contributed by atoms with E-state index in [-0.39, 0.29) is 5.91 Å². The van der Waals surface area contributed by atoms with Crippen molar-refractivity contribution < 1.29 is 4.79 Å². The Morgan fingerprint density at radius 1 is 1.50 bits per heavy atom. The zero-order valence-electron chi connectivity index (χ0n) is 7.75. The second-order valence-electron chi connectivity index (χ2n) is 2.66. The monoisotopic (exact) mass is 214 g/mol. The summed E-state index contributed by atoms with van der Waals surface area (Å²) in [6.45, 7) is 1.93. The molecule has 2 N–H and O–H groups in total. The second-order valence-corrected chi connectivity index (χ2v) is 3.05. The van der Waals surface area contributed by atoms with Crippen LogP contribution in [-0.4, -0.2) is 16.1 Å². The van der Waals surface area contributed by atoms with Crippen LogP contribution in [0.5, 0.6) is 0 Å². The standard InChI is InChI=1S/C8H11ClN4O/c1-2-3-8(14)13-12-7-5-4-6(9)10-11-7/h4-5H,2-3H2,1H3,(H,11,12)(H,13,14). The number of halogens is 1. The van der Waals surface area contributed by atoms with Crippen molar-refractivity contribution in [3.63, 3.8) is 0 Å². The van der Waals surface area contributed by atoms with Crippen molar-refractivity contribution in [1.82, 2.24) is 15.6 Å². The van der Waals surface area contributed by atoms with E-state index in [0.29, 0.717) is 17.4 Å². The van der Waals surface area contributed by atoms with Crippen LogP contribution in [0.15, 0.2) is 12.1 Å². The van der Waals surface area contributed by atoms with E-state index in [2.05, 4.69) is 21.0 Å². The smallest absolute Gasteiger partial charge is 0.238 e. The van der Waals surface area contributed by atoms with Crippen molar-refractivity contribution in [3.8, 4) is 0 Å². The Bertz CT molecular complexity index is 301. The van der Waals surface area contributed by atoms with Gasteiger partial charge in [-0.25, -0.2) is 0 Å². The Kier molecular flexibility index (Phi) is 4.12. The Balaban J connectivity index is 2.38. The van der Waals surface area contributed by atoms with Gasteiger partial charge in [0.1, 0.15) is 0 Å². The molecule has 0 unspecified atom stereocenters. The maximum Gasteiger partial charge on any atom is 0.238 e. The number of carbonyl (C=O) groups is 1. The minimum atomic E-state index is -0.0794. The highest BCUT2D eigenvalue weighted by atomic mass is 35.5. The van der Waals surface area contributed by atoms with Gasteiger partial charge < -0.3 is 0 Å². The summed E-state index contributed by atoms with van der Waals surface area (Å²) in [6, 6.07) is 3.21. The van der Waals surface area contributed by atoms with Crippen molar-refractivity contribution in [2.75, 3.05) is 5.43 Å². The first-order chi connectivity index (χ1) is 6.72. The van der Waals surface area contributed by atoms with Gasteiger partial charge in [0.2, 0.25) is 5.91 Å². The van der Waals surface area contributed by atoms with E-state index in [1.807, 2.05) is 6.92 Å². The molecule has 0 saturated heterocycles. The largest absolute Gasteiger partial charge is 0.280 e. The molecule has 1 amide bonds. The second kappa shape index (κ2) is 5.39. The number of hydrogen-bond donors (Lipinski definition) is 2. The molecular weight excluding hydrogens is 204 g/mol. The summed E-state index contributed by atoms with van der Waals surface area (Å²) in [5, 5.41) is 7.62. The van der Waals surface area contributed by atoms with Gasteiger partial charge in [-0.2, -0.15) is 0 Å². The lowest BCUT2D eigenvalue weighted by Gasteiger charge is -2.05. The Morgan fingerprint density at radius 3 is 2.86 bits per heavy atom. The number of amides is 1. The lowest BCUT2D eigenvalue weighted by atomic mass is 10.3. The fraction of sp³-hybridized carbons (Fsp3) is 0.375. The van der Waals surface area contributed by atoms with Gasteiger partial charge >= 0.3 is 0 Å². The summed E-state index contributed by atoms with van der Waals surface area (Å²) < 4.78 is 0. The summed E-state index contributed by atoms with van der Waals surface area (Å²) in [5.41, 5.74) is 5.11. The van der Waals surface area contributed by atoms with Crippen molar-refractivity contribution in [2.24, 2.45) is 0 Å². The normalized spacial score (nSPS) is 9.57. The zero-order valence-corrected chi connectivity index (χ0v) is 8.51. The quantitative estimate of drug-likeness (QED) is 0.743. The fourth-order valence-electron chi connectivity index (χ4n) is 0.806. The number of carbonyl (C=O) groups excluding carboxylic acids is 1. The van der Waals surface area contributed by atoms with Crippen LogP contribution in [0.4, 0.5) is 5.82 Å². The van der Waals surface area contributed by atoms with Crippen LogP contribution in [0.25, 0.3) is 0 Å². The summed E-state index contributed by atoms with van der Waals surface area (Å²) in [4.78, 5) is 11.0. The van der Waals surface area contributed by atoms with Crippen molar-refractivity contribution in [3.05, 3.63) is 17.3 Å². The van der Waals surface area contributed by atoms with Gasteiger partial charge in [0.05, 0.1) is 0 Å². The van der Waals surface area contributed by atoms with Crippen LogP contribution >= 0.6 is 11.6 Å². The van der Waals surface area contributed by atoms with E-state index in [4.69, 9.17) is 11.6 Å². The van der Waals surface area contributed by atoms with E-state index in [1.165, 1.54) is 0 Å². The Morgan fingerprint density at radius 2 is 2.29 bits per heavy atom. The molecule has 76 valence electrons. The molecule has 0 aromatic carbocycles. The molecule has 0 radical (unpaired) electrons. The summed E-state index contributed by atoms with van der Waals surface area (Å²) in [5.74, 6) is 0.378. The minimum Gasteiger partial charge on any atom is -0.280 e. The number of rotatable bonds is 4. The van der Waals surface area contributed by atoms with E-state index >= 15 is 0 Å². The molecule has 6 heteroatoms. The summed E-state index contributed by atoms with van der Waals surface area (Å²) in [7, 11) is 0. The molecular formula is C8H11ClN4O. The van der Waals surface area contributed by atoms with E-state index < -0.39 is 0 Å². The van der Waals surface area contributed by atoms with E-state index in [0.717, 1.165) is 6.42 Å². The molecule has 0 bridgehead atoms. The predicted molar refractivity (Wildman–Crippen MR) is 53.7 cm³/mol. The molecule has 0 aliphatic rings. The van der Waals surface area contributed by atoms with Crippen LogP contribution < -0.4 is 10.9 Å². The maximum atomic E-state index is 11.0.